The van der Waals surface area contributed by atoms with Gasteiger partial charge in [0.2, 0.25) is 0 Å². The number of nitrogens with one attached hydrogen (secondary N) is 1. The molecule has 0 fully saturated rings. The molecule has 0 aromatic heterocycles. The van der Waals surface area contributed by atoms with Crippen LogP contribution in [0.15, 0.2) is 51.8 Å². The highest BCUT2D eigenvalue weighted by Gasteiger charge is 2.21. The lowest BCUT2D eigenvalue weighted by Gasteiger charge is -2.13. The second-order valence-electron chi connectivity index (χ2n) is 4.15. The number of hydrogen-bond acceptors (Lipinski definition) is 4. The number of para-hydroxylation sites is 2. The zero-order valence-electron chi connectivity index (χ0n) is 11.2. The number of benzene rings is 2. The number of ether oxygens (including phenoxy) is 1. The van der Waals surface area contributed by atoms with Gasteiger partial charge in [-0.3, -0.25) is 4.72 Å². The molecule has 0 heterocycles. The lowest BCUT2D eigenvalue weighted by molar-refractivity contribution is 0.331. The van der Waals surface area contributed by atoms with E-state index in [-0.39, 0.29) is 22.1 Å². The first-order valence-corrected chi connectivity index (χ1v) is 8.45. The van der Waals surface area contributed by atoms with E-state index in [0.29, 0.717) is 11.1 Å². The highest BCUT2D eigenvalue weighted by atomic mass is 79.9. The van der Waals surface area contributed by atoms with Gasteiger partial charge in [-0.1, -0.05) is 28.1 Å². The quantitative estimate of drug-likeness (QED) is 0.790. The fourth-order valence-electron chi connectivity index (χ4n) is 1.73. The minimum atomic E-state index is -3.88. The van der Waals surface area contributed by atoms with Gasteiger partial charge in [-0.15, -0.1) is 0 Å². The van der Waals surface area contributed by atoms with Gasteiger partial charge >= 0.3 is 0 Å². The standard InChI is InChI=1S/C14H14BrNO4S/c1-2-20-13-8-7-10(15)9-14(13)21(18,19)16-11-5-3-4-6-12(11)17/h3-9,16-17H,2H2,1H3. The Kier molecular flexibility index (Phi) is 4.74. The van der Waals surface area contributed by atoms with Crippen LogP contribution in [0.3, 0.4) is 0 Å². The van der Waals surface area contributed by atoms with Crippen LogP contribution in [0.4, 0.5) is 5.69 Å². The first kappa shape index (κ1) is 15.7. The van der Waals surface area contributed by atoms with E-state index in [2.05, 4.69) is 20.7 Å². The van der Waals surface area contributed by atoms with Gasteiger partial charge in [-0.25, -0.2) is 8.42 Å². The zero-order valence-corrected chi connectivity index (χ0v) is 13.6. The largest absolute Gasteiger partial charge is 0.506 e. The molecule has 21 heavy (non-hydrogen) atoms. The highest BCUT2D eigenvalue weighted by molar-refractivity contribution is 9.10. The Bertz CT molecular complexity index is 746. The monoisotopic (exact) mass is 371 g/mol. The number of aromatic hydroxyl groups is 1. The maximum absolute atomic E-state index is 12.5. The van der Waals surface area contributed by atoms with Gasteiger partial charge in [0.05, 0.1) is 12.3 Å². The Morgan fingerprint density at radius 2 is 1.95 bits per heavy atom. The predicted molar refractivity (Wildman–Crippen MR) is 84.2 cm³/mol. The molecule has 2 aromatic rings. The maximum Gasteiger partial charge on any atom is 0.265 e. The summed E-state index contributed by atoms with van der Waals surface area (Å²) in [4.78, 5) is 0.00183. The molecule has 0 atom stereocenters. The number of phenolic OH excluding ortho intramolecular Hbond substituents is 1. The zero-order chi connectivity index (χ0) is 15.5. The summed E-state index contributed by atoms with van der Waals surface area (Å²) in [7, 11) is -3.88. The van der Waals surface area contributed by atoms with Crippen molar-refractivity contribution < 1.29 is 18.3 Å². The minimum Gasteiger partial charge on any atom is -0.506 e. The second-order valence-corrected chi connectivity index (χ2v) is 6.71. The average Bonchev–Trinajstić information content (AvgIpc) is 2.43. The Balaban J connectivity index is 2.44. The molecule has 0 aliphatic heterocycles. The van der Waals surface area contributed by atoms with Crippen LogP contribution in [0.1, 0.15) is 6.92 Å². The van der Waals surface area contributed by atoms with Crippen molar-refractivity contribution in [2.24, 2.45) is 0 Å². The Labute approximate surface area is 131 Å². The van der Waals surface area contributed by atoms with Crippen LogP contribution in [0, 0.1) is 0 Å². The topological polar surface area (TPSA) is 75.6 Å². The normalized spacial score (nSPS) is 11.1. The number of hydrogen-bond donors (Lipinski definition) is 2. The Morgan fingerprint density at radius 3 is 2.62 bits per heavy atom. The van der Waals surface area contributed by atoms with Gasteiger partial charge in [0, 0.05) is 4.47 Å². The maximum atomic E-state index is 12.5. The van der Waals surface area contributed by atoms with Gasteiger partial charge in [0.15, 0.2) is 0 Å². The molecule has 0 radical (unpaired) electrons. The van der Waals surface area contributed by atoms with Gasteiger partial charge in [0.25, 0.3) is 10.0 Å². The smallest absolute Gasteiger partial charge is 0.265 e. The first-order valence-electron chi connectivity index (χ1n) is 6.17. The number of phenols is 1. The third-order valence-electron chi connectivity index (χ3n) is 2.64. The summed E-state index contributed by atoms with van der Waals surface area (Å²) in [5, 5.41) is 9.68. The second kappa shape index (κ2) is 6.36. The van der Waals surface area contributed by atoms with Crippen molar-refractivity contribution in [1.82, 2.24) is 0 Å². The van der Waals surface area contributed by atoms with E-state index < -0.39 is 10.0 Å². The average molecular weight is 372 g/mol. The minimum absolute atomic E-state index is 0.00183. The summed E-state index contributed by atoms with van der Waals surface area (Å²) in [6.45, 7) is 2.12. The summed E-state index contributed by atoms with van der Waals surface area (Å²) in [6.07, 6.45) is 0. The van der Waals surface area contributed by atoms with Gasteiger partial charge in [0.1, 0.15) is 16.4 Å². The summed E-state index contributed by atoms with van der Waals surface area (Å²) in [6, 6.07) is 10.8. The summed E-state index contributed by atoms with van der Waals surface area (Å²) in [5.74, 6) is 0.109. The molecule has 0 spiro atoms. The molecule has 0 saturated carbocycles. The number of anilines is 1. The molecule has 5 nitrogen and oxygen atoms in total. The van der Waals surface area contributed by atoms with E-state index in [4.69, 9.17) is 4.74 Å². The summed E-state index contributed by atoms with van der Waals surface area (Å²) in [5.41, 5.74) is 0.111. The van der Waals surface area contributed by atoms with Crippen molar-refractivity contribution in [3.8, 4) is 11.5 Å². The highest BCUT2D eigenvalue weighted by Crippen LogP contribution is 2.31. The number of halogens is 1. The summed E-state index contributed by atoms with van der Waals surface area (Å²) >= 11 is 3.24. The van der Waals surface area contributed by atoms with E-state index in [1.165, 1.54) is 18.2 Å². The molecular weight excluding hydrogens is 358 g/mol. The van der Waals surface area contributed by atoms with Crippen LogP contribution >= 0.6 is 15.9 Å². The van der Waals surface area contributed by atoms with Gasteiger partial charge in [-0.05, 0) is 37.3 Å². The van der Waals surface area contributed by atoms with E-state index >= 15 is 0 Å². The Morgan fingerprint density at radius 1 is 1.24 bits per heavy atom. The van der Waals surface area contributed by atoms with E-state index in [9.17, 15) is 13.5 Å². The molecule has 0 aliphatic rings. The molecule has 2 rings (SSSR count). The molecule has 0 aliphatic carbocycles. The molecule has 2 aromatic carbocycles. The van der Waals surface area contributed by atoms with Crippen molar-refractivity contribution in [3.63, 3.8) is 0 Å². The molecular formula is C14H14BrNO4S. The molecule has 112 valence electrons. The van der Waals surface area contributed by atoms with Crippen LogP contribution in [-0.4, -0.2) is 20.1 Å². The third kappa shape index (κ3) is 3.68. The predicted octanol–water partition coefficient (Wildman–Crippen LogP) is 3.35. The molecule has 0 bridgehead atoms. The lowest BCUT2D eigenvalue weighted by atomic mass is 10.3. The van der Waals surface area contributed by atoms with Crippen LogP contribution in [0.25, 0.3) is 0 Å². The van der Waals surface area contributed by atoms with E-state index in [1.54, 1.807) is 31.2 Å². The van der Waals surface area contributed by atoms with E-state index in [1.807, 2.05) is 0 Å². The lowest BCUT2D eigenvalue weighted by Crippen LogP contribution is -2.14. The molecule has 2 N–H and O–H groups in total. The molecule has 0 unspecified atom stereocenters. The fourth-order valence-corrected chi connectivity index (χ4v) is 3.48. The number of sulfonamides is 1. The van der Waals surface area contributed by atoms with Crippen molar-refractivity contribution in [1.29, 1.82) is 0 Å². The molecule has 0 amide bonds. The number of rotatable bonds is 5. The Hall–Kier alpha value is -1.73. The van der Waals surface area contributed by atoms with Crippen LogP contribution in [0.2, 0.25) is 0 Å². The van der Waals surface area contributed by atoms with Crippen molar-refractivity contribution in [2.75, 3.05) is 11.3 Å². The van der Waals surface area contributed by atoms with Crippen LogP contribution in [-0.2, 0) is 10.0 Å². The fraction of sp³-hybridized carbons (Fsp3) is 0.143. The van der Waals surface area contributed by atoms with Crippen molar-refractivity contribution in [2.45, 2.75) is 11.8 Å². The molecule has 7 heteroatoms. The van der Waals surface area contributed by atoms with E-state index in [0.717, 1.165) is 0 Å². The van der Waals surface area contributed by atoms with Crippen molar-refractivity contribution >= 4 is 31.6 Å². The van der Waals surface area contributed by atoms with Gasteiger partial charge < -0.3 is 9.84 Å². The first-order chi connectivity index (χ1) is 9.94. The molecule has 0 saturated heterocycles. The van der Waals surface area contributed by atoms with Gasteiger partial charge in [-0.2, -0.15) is 0 Å². The van der Waals surface area contributed by atoms with Crippen LogP contribution in [0.5, 0.6) is 11.5 Å². The van der Waals surface area contributed by atoms with Crippen molar-refractivity contribution in [3.05, 3.63) is 46.9 Å². The SMILES string of the molecule is CCOc1ccc(Br)cc1S(=O)(=O)Nc1ccccc1O. The summed E-state index contributed by atoms with van der Waals surface area (Å²) < 4.78 is 33.3. The third-order valence-corrected chi connectivity index (χ3v) is 4.52. The van der Waals surface area contributed by atoms with Crippen LogP contribution < -0.4 is 9.46 Å².